The smallest absolute Gasteiger partial charge is 0.220 e. The van der Waals surface area contributed by atoms with Crippen LogP contribution in [0.3, 0.4) is 0 Å². The van der Waals surface area contributed by atoms with Crippen LogP contribution in [-0.2, 0) is 16.1 Å². The van der Waals surface area contributed by atoms with Crippen LogP contribution < -0.4 is 10.6 Å². The summed E-state index contributed by atoms with van der Waals surface area (Å²) in [5.74, 6) is 1.63. The summed E-state index contributed by atoms with van der Waals surface area (Å²) in [7, 11) is 1.66. The van der Waals surface area contributed by atoms with Crippen molar-refractivity contribution < 1.29 is 9.53 Å². The third kappa shape index (κ3) is 4.91. The number of methoxy groups -OCH3 is 1. The number of hydrogen-bond acceptors (Lipinski definition) is 6. The molecule has 8 nitrogen and oxygen atoms in total. The van der Waals surface area contributed by atoms with Crippen molar-refractivity contribution in [3.63, 3.8) is 0 Å². The van der Waals surface area contributed by atoms with Gasteiger partial charge in [0, 0.05) is 26.6 Å². The monoisotopic (exact) mass is 360 g/mol. The normalized spacial score (nSPS) is 14.8. The van der Waals surface area contributed by atoms with Crippen LogP contribution in [0.15, 0.2) is 12.5 Å². The summed E-state index contributed by atoms with van der Waals surface area (Å²) in [6.45, 7) is 2.42. The molecule has 0 atom stereocenters. The van der Waals surface area contributed by atoms with Gasteiger partial charge in [-0.15, -0.1) is 0 Å². The topological polar surface area (TPSA) is 94.0 Å². The maximum Gasteiger partial charge on any atom is 0.220 e. The van der Waals surface area contributed by atoms with E-state index in [0.717, 1.165) is 29.2 Å². The van der Waals surface area contributed by atoms with E-state index in [1.807, 2.05) is 0 Å². The second-order valence-corrected chi connectivity index (χ2v) is 6.79. The van der Waals surface area contributed by atoms with Crippen molar-refractivity contribution in [2.45, 2.75) is 45.1 Å². The highest BCUT2D eigenvalue weighted by atomic mass is 16.5. The van der Waals surface area contributed by atoms with Crippen molar-refractivity contribution in [3.8, 4) is 0 Å². The molecule has 0 bridgehead atoms. The van der Waals surface area contributed by atoms with Gasteiger partial charge in [-0.05, 0) is 12.3 Å². The van der Waals surface area contributed by atoms with Gasteiger partial charge < -0.3 is 15.4 Å². The molecule has 2 heterocycles. The lowest BCUT2D eigenvalue weighted by atomic mass is 10.0. The van der Waals surface area contributed by atoms with E-state index in [9.17, 15) is 4.79 Å². The number of anilines is 1. The van der Waals surface area contributed by atoms with Gasteiger partial charge in [-0.25, -0.2) is 14.6 Å². The zero-order valence-corrected chi connectivity index (χ0v) is 15.4. The van der Waals surface area contributed by atoms with Crippen molar-refractivity contribution in [2.75, 3.05) is 32.1 Å². The highest BCUT2D eigenvalue weighted by Crippen LogP contribution is 2.28. The number of aromatic nitrogens is 4. The summed E-state index contributed by atoms with van der Waals surface area (Å²) in [4.78, 5) is 20.6. The van der Waals surface area contributed by atoms with Crippen LogP contribution >= 0.6 is 0 Å². The highest BCUT2D eigenvalue weighted by molar-refractivity contribution is 5.86. The maximum absolute atomic E-state index is 12.0. The lowest BCUT2D eigenvalue weighted by molar-refractivity contribution is -0.121. The summed E-state index contributed by atoms with van der Waals surface area (Å²) in [5.41, 5.74) is 0.764. The molecular weight excluding hydrogens is 332 g/mol. The fourth-order valence-corrected chi connectivity index (χ4v) is 3.49. The van der Waals surface area contributed by atoms with E-state index in [-0.39, 0.29) is 5.91 Å². The molecule has 0 aromatic carbocycles. The lowest BCUT2D eigenvalue weighted by Gasteiger charge is -2.09. The molecule has 8 heteroatoms. The Balaban J connectivity index is 1.47. The number of nitrogens with zero attached hydrogens (tertiary/aromatic N) is 4. The van der Waals surface area contributed by atoms with E-state index >= 15 is 0 Å². The van der Waals surface area contributed by atoms with Crippen LogP contribution in [0.25, 0.3) is 11.0 Å². The van der Waals surface area contributed by atoms with Crippen molar-refractivity contribution in [2.24, 2.45) is 5.92 Å². The predicted octanol–water partition coefficient (Wildman–Crippen LogP) is 1.97. The molecule has 2 aromatic rings. The SMILES string of the molecule is COCCNc1ncnc2c1cnn2CCNC(=O)CCC1CCCC1. The quantitative estimate of drug-likeness (QED) is 0.629. The van der Waals surface area contributed by atoms with Crippen molar-refractivity contribution in [1.29, 1.82) is 0 Å². The largest absolute Gasteiger partial charge is 0.383 e. The number of ether oxygens (including phenoxy) is 1. The fourth-order valence-electron chi connectivity index (χ4n) is 3.49. The Morgan fingerprint density at radius 3 is 2.96 bits per heavy atom. The van der Waals surface area contributed by atoms with E-state index in [1.165, 1.54) is 32.0 Å². The summed E-state index contributed by atoms with van der Waals surface area (Å²) in [6.07, 6.45) is 10.1. The van der Waals surface area contributed by atoms with Crippen LogP contribution in [0.4, 0.5) is 5.82 Å². The molecule has 0 spiro atoms. The number of rotatable bonds is 10. The first-order valence-corrected chi connectivity index (χ1v) is 9.44. The molecule has 0 radical (unpaired) electrons. The molecule has 3 rings (SSSR count). The van der Waals surface area contributed by atoms with E-state index in [1.54, 1.807) is 18.0 Å². The standard InChI is InChI=1S/C18H28N6O2/c1-26-11-9-20-17-15-12-23-24(18(15)22-13-21-17)10-8-19-16(25)7-6-14-4-2-3-5-14/h12-14H,2-11H2,1H3,(H,19,25)(H,20,21,22). The first-order valence-electron chi connectivity index (χ1n) is 9.44. The average molecular weight is 360 g/mol. The summed E-state index contributed by atoms with van der Waals surface area (Å²) in [5, 5.41) is 11.5. The Hall–Kier alpha value is -2.22. The minimum absolute atomic E-state index is 0.130. The zero-order chi connectivity index (χ0) is 18.2. The van der Waals surface area contributed by atoms with Gasteiger partial charge in [-0.3, -0.25) is 4.79 Å². The Labute approximate surface area is 153 Å². The zero-order valence-electron chi connectivity index (χ0n) is 15.4. The average Bonchev–Trinajstić information content (AvgIpc) is 3.31. The van der Waals surface area contributed by atoms with Crippen molar-refractivity contribution >= 4 is 22.8 Å². The number of carbonyl (C=O) groups is 1. The van der Waals surface area contributed by atoms with E-state index in [2.05, 4.69) is 25.7 Å². The van der Waals surface area contributed by atoms with Gasteiger partial charge in [0.25, 0.3) is 0 Å². The van der Waals surface area contributed by atoms with Crippen molar-refractivity contribution in [1.82, 2.24) is 25.1 Å². The Morgan fingerprint density at radius 1 is 1.31 bits per heavy atom. The molecule has 0 unspecified atom stereocenters. The summed E-state index contributed by atoms with van der Waals surface area (Å²) in [6, 6.07) is 0. The minimum atomic E-state index is 0.130. The molecule has 1 fully saturated rings. The van der Waals surface area contributed by atoms with E-state index in [4.69, 9.17) is 4.74 Å². The van der Waals surface area contributed by atoms with E-state index in [0.29, 0.717) is 32.7 Å². The number of hydrogen-bond donors (Lipinski definition) is 2. The molecule has 0 saturated heterocycles. The van der Waals surface area contributed by atoms with Gasteiger partial charge >= 0.3 is 0 Å². The fraction of sp³-hybridized carbons (Fsp3) is 0.667. The Bertz CT molecular complexity index is 711. The van der Waals surface area contributed by atoms with Crippen LogP contribution in [0.5, 0.6) is 0 Å². The molecule has 2 N–H and O–H groups in total. The number of nitrogens with one attached hydrogen (secondary N) is 2. The van der Waals surface area contributed by atoms with Crippen molar-refractivity contribution in [3.05, 3.63) is 12.5 Å². The second-order valence-electron chi connectivity index (χ2n) is 6.79. The Morgan fingerprint density at radius 2 is 2.15 bits per heavy atom. The lowest BCUT2D eigenvalue weighted by Crippen LogP contribution is -2.27. The summed E-state index contributed by atoms with van der Waals surface area (Å²) >= 11 is 0. The predicted molar refractivity (Wildman–Crippen MR) is 99.9 cm³/mol. The van der Waals surface area contributed by atoms with E-state index < -0.39 is 0 Å². The van der Waals surface area contributed by atoms with Crippen LogP contribution in [0.1, 0.15) is 38.5 Å². The molecule has 1 aliphatic rings. The number of amides is 1. The first kappa shape index (κ1) is 18.6. The highest BCUT2D eigenvalue weighted by Gasteiger charge is 2.16. The van der Waals surface area contributed by atoms with Crippen LogP contribution in [0, 0.1) is 5.92 Å². The van der Waals surface area contributed by atoms with Gasteiger partial charge in [-0.2, -0.15) is 5.10 Å². The molecule has 26 heavy (non-hydrogen) atoms. The van der Waals surface area contributed by atoms with Gasteiger partial charge in [-0.1, -0.05) is 25.7 Å². The molecule has 1 aliphatic carbocycles. The minimum Gasteiger partial charge on any atom is -0.383 e. The van der Waals surface area contributed by atoms with Crippen LogP contribution in [-0.4, -0.2) is 52.5 Å². The summed E-state index contributed by atoms with van der Waals surface area (Å²) < 4.78 is 6.84. The molecule has 1 amide bonds. The third-order valence-electron chi connectivity index (χ3n) is 4.93. The molecule has 0 aliphatic heterocycles. The molecule has 1 saturated carbocycles. The van der Waals surface area contributed by atoms with Gasteiger partial charge in [0.2, 0.25) is 5.91 Å². The molecule has 2 aromatic heterocycles. The maximum atomic E-state index is 12.0. The molecular formula is C18H28N6O2. The van der Waals surface area contributed by atoms with Gasteiger partial charge in [0.1, 0.15) is 12.1 Å². The Kier molecular flexibility index (Phi) is 6.76. The number of carbonyl (C=O) groups excluding carboxylic acids is 1. The second kappa shape index (κ2) is 9.47. The first-order chi connectivity index (χ1) is 12.8. The van der Waals surface area contributed by atoms with Gasteiger partial charge in [0.15, 0.2) is 5.65 Å². The molecule has 142 valence electrons. The number of fused-ring (bicyclic) bond motifs is 1. The van der Waals surface area contributed by atoms with Crippen LogP contribution in [0.2, 0.25) is 0 Å². The third-order valence-corrected chi connectivity index (χ3v) is 4.93. The van der Waals surface area contributed by atoms with Gasteiger partial charge in [0.05, 0.1) is 24.7 Å².